The van der Waals surface area contributed by atoms with Gasteiger partial charge in [-0.05, 0) is 31.7 Å². The molecule has 0 aliphatic heterocycles. The summed E-state index contributed by atoms with van der Waals surface area (Å²) in [7, 11) is 0. The Hall–Kier alpha value is -2.33. The molecule has 0 aromatic heterocycles. The number of ether oxygens (including phenoxy) is 1. The molecule has 4 nitrogen and oxygen atoms in total. The van der Waals surface area contributed by atoms with Crippen LogP contribution in [0.5, 0.6) is 0 Å². The van der Waals surface area contributed by atoms with E-state index in [9.17, 15) is 9.90 Å². The molecule has 0 spiro atoms. The molecule has 0 aliphatic rings. The number of amides is 1. The second kappa shape index (κ2) is 9.73. The van der Waals surface area contributed by atoms with Crippen LogP contribution in [0, 0.1) is 0 Å². The van der Waals surface area contributed by atoms with Crippen molar-refractivity contribution in [2.24, 2.45) is 0 Å². The van der Waals surface area contributed by atoms with Crippen molar-refractivity contribution in [1.82, 2.24) is 4.90 Å². The first-order valence-electron chi connectivity index (χ1n) is 8.42. The number of aryl methyl sites for hydroxylation is 1. The van der Waals surface area contributed by atoms with Gasteiger partial charge in [0.2, 0.25) is 0 Å². The second-order valence-corrected chi connectivity index (χ2v) is 5.62. The van der Waals surface area contributed by atoms with E-state index in [1.165, 1.54) is 10.5 Å². The number of hydrogen-bond donors (Lipinski definition) is 1. The number of nitrogens with zero attached hydrogens (tertiary/aromatic N) is 1. The SMILES string of the molecule is CCOC(=O)N(CCCCc1ccccc1)C(O)c1ccccc1. The lowest BCUT2D eigenvalue weighted by molar-refractivity contribution is -0.00160. The molecule has 24 heavy (non-hydrogen) atoms. The van der Waals surface area contributed by atoms with Crippen molar-refractivity contribution in [3.05, 3.63) is 71.8 Å². The molecular formula is C20H25NO3. The Morgan fingerprint density at radius 2 is 1.67 bits per heavy atom. The molecule has 2 rings (SSSR count). The molecule has 128 valence electrons. The third-order valence-electron chi connectivity index (χ3n) is 3.85. The lowest BCUT2D eigenvalue weighted by Crippen LogP contribution is -2.36. The molecular weight excluding hydrogens is 302 g/mol. The maximum Gasteiger partial charge on any atom is 0.412 e. The van der Waals surface area contributed by atoms with Gasteiger partial charge in [-0.15, -0.1) is 0 Å². The number of unbranched alkanes of at least 4 members (excludes halogenated alkanes) is 1. The molecule has 1 atom stereocenters. The number of aliphatic hydroxyl groups excluding tert-OH is 1. The molecule has 1 amide bonds. The Morgan fingerprint density at radius 3 is 2.29 bits per heavy atom. The second-order valence-electron chi connectivity index (χ2n) is 5.62. The number of carbonyl (C=O) groups excluding carboxylic acids is 1. The topological polar surface area (TPSA) is 49.8 Å². The van der Waals surface area contributed by atoms with E-state index in [1.807, 2.05) is 36.4 Å². The molecule has 0 aliphatic carbocycles. The Bertz CT molecular complexity index is 601. The van der Waals surface area contributed by atoms with Gasteiger partial charge in [-0.3, -0.25) is 4.90 Å². The molecule has 4 heteroatoms. The van der Waals surface area contributed by atoms with Crippen LogP contribution in [0.1, 0.15) is 37.1 Å². The molecule has 1 N–H and O–H groups in total. The fourth-order valence-electron chi connectivity index (χ4n) is 2.58. The Kier molecular flexibility index (Phi) is 7.30. The van der Waals surface area contributed by atoms with Crippen molar-refractivity contribution >= 4 is 6.09 Å². The minimum atomic E-state index is -0.984. The third kappa shape index (κ3) is 5.39. The quantitative estimate of drug-likeness (QED) is 0.585. The van der Waals surface area contributed by atoms with E-state index in [1.54, 1.807) is 19.1 Å². The molecule has 0 saturated heterocycles. The van der Waals surface area contributed by atoms with Crippen LogP contribution in [0.25, 0.3) is 0 Å². The number of rotatable bonds is 8. The molecule has 1 unspecified atom stereocenters. The molecule has 0 saturated carbocycles. The first-order chi connectivity index (χ1) is 11.7. The van der Waals surface area contributed by atoms with Gasteiger partial charge >= 0.3 is 6.09 Å². The predicted molar refractivity (Wildman–Crippen MR) is 94.5 cm³/mol. The van der Waals surface area contributed by atoms with Crippen LogP contribution in [0.15, 0.2) is 60.7 Å². The summed E-state index contributed by atoms with van der Waals surface area (Å²) in [6.45, 7) is 2.52. The monoisotopic (exact) mass is 327 g/mol. The zero-order valence-electron chi connectivity index (χ0n) is 14.1. The normalized spacial score (nSPS) is 11.8. The van der Waals surface area contributed by atoms with E-state index >= 15 is 0 Å². The smallest absolute Gasteiger partial charge is 0.412 e. The van der Waals surface area contributed by atoms with Gasteiger partial charge in [0.15, 0.2) is 6.23 Å². The van der Waals surface area contributed by atoms with Gasteiger partial charge in [0.25, 0.3) is 0 Å². The van der Waals surface area contributed by atoms with Gasteiger partial charge in [-0.1, -0.05) is 60.7 Å². The number of benzene rings is 2. The largest absolute Gasteiger partial charge is 0.450 e. The predicted octanol–water partition coefficient (Wildman–Crippen LogP) is 4.16. The van der Waals surface area contributed by atoms with E-state index in [2.05, 4.69) is 12.1 Å². The first kappa shape index (κ1) is 18.0. The molecule has 2 aromatic carbocycles. The summed E-state index contributed by atoms with van der Waals surface area (Å²) in [6.07, 6.45) is 1.24. The maximum absolute atomic E-state index is 12.2. The minimum Gasteiger partial charge on any atom is -0.450 e. The van der Waals surface area contributed by atoms with Crippen LogP contribution in [-0.4, -0.2) is 29.3 Å². The number of aliphatic hydroxyl groups is 1. The fraction of sp³-hybridized carbons (Fsp3) is 0.350. The highest BCUT2D eigenvalue weighted by Crippen LogP contribution is 2.19. The summed E-state index contributed by atoms with van der Waals surface area (Å²) in [4.78, 5) is 13.6. The Balaban J connectivity index is 1.92. The molecule has 0 bridgehead atoms. The van der Waals surface area contributed by atoms with Gasteiger partial charge in [0.05, 0.1) is 6.61 Å². The van der Waals surface area contributed by atoms with E-state index in [0.29, 0.717) is 18.7 Å². The van der Waals surface area contributed by atoms with Crippen molar-refractivity contribution in [3.63, 3.8) is 0 Å². The molecule has 2 aromatic rings. The van der Waals surface area contributed by atoms with Crippen molar-refractivity contribution in [3.8, 4) is 0 Å². The zero-order valence-corrected chi connectivity index (χ0v) is 14.1. The lowest BCUT2D eigenvalue weighted by atomic mass is 10.1. The van der Waals surface area contributed by atoms with Crippen LogP contribution < -0.4 is 0 Å². The summed E-state index contributed by atoms with van der Waals surface area (Å²) in [5.74, 6) is 0. The van der Waals surface area contributed by atoms with Crippen LogP contribution >= 0.6 is 0 Å². The van der Waals surface area contributed by atoms with Gasteiger partial charge in [0.1, 0.15) is 0 Å². The summed E-state index contributed by atoms with van der Waals surface area (Å²) < 4.78 is 5.09. The Labute approximate surface area is 143 Å². The highest BCUT2D eigenvalue weighted by Gasteiger charge is 2.23. The number of hydrogen-bond acceptors (Lipinski definition) is 3. The van der Waals surface area contributed by atoms with E-state index < -0.39 is 12.3 Å². The van der Waals surface area contributed by atoms with Crippen LogP contribution in [0.3, 0.4) is 0 Å². The van der Waals surface area contributed by atoms with Gasteiger partial charge in [0, 0.05) is 12.1 Å². The summed E-state index contributed by atoms with van der Waals surface area (Å²) in [5.41, 5.74) is 1.97. The van der Waals surface area contributed by atoms with Crippen molar-refractivity contribution in [1.29, 1.82) is 0 Å². The first-order valence-corrected chi connectivity index (χ1v) is 8.42. The fourth-order valence-corrected chi connectivity index (χ4v) is 2.58. The lowest BCUT2D eigenvalue weighted by Gasteiger charge is -2.27. The highest BCUT2D eigenvalue weighted by atomic mass is 16.6. The van der Waals surface area contributed by atoms with Crippen molar-refractivity contribution in [2.45, 2.75) is 32.4 Å². The average molecular weight is 327 g/mol. The van der Waals surface area contributed by atoms with Gasteiger partial charge < -0.3 is 9.84 Å². The zero-order chi connectivity index (χ0) is 17.2. The number of carbonyl (C=O) groups is 1. The summed E-state index contributed by atoms with van der Waals surface area (Å²) in [5, 5.41) is 10.5. The third-order valence-corrected chi connectivity index (χ3v) is 3.85. The summed E-state index contributed by atoms with van der Waals surface area (Å²) >= 11 is 0. The standard InChI is InChI=1S/C20H25NO3/c1-2-24-20(23)21(19(22)18-14-7-4-8-15-18)16-10-9-13-17-11-5-3-6-12-17/h3-8,11-12,14-15,19,22H,2,9-10,13,16H2,1H3. The highest BCUT2D eigenvalue weighted by molar-refractivity contribution is 5.68. The van der Waals surface area contributed by atoms with E-state index in [4.69, 9.17) is 4.74 Å². The van der Waals surface area contributed by atoms with Crippen LogP contribution in [0.4, 0.5) is 4.79 Å². The van der Waals surface area contributed by atoms with Gasteiger partial charge in [-0.2, -0.15) is 0 Å². The van der Waals surface area contributed by atoms with Crippen molar-refractivity contribution < 1.29 is 14.6 Å². The van der Waals surface area contributed by atoms with E-state index in [-0.39, 0.29) is 0 Å². The van der Waals surface area contributed by atoms with E-state index in [0.717, 1.165) is 19.3 Å². The van der Waals surface area contributed by atoms with Crippen LogP contribution in [-0.2, 0) is 11.2 Å². The molecule has 0 radical (unpaired) electrons. The van der Waals surface area contributed by atoms with Gasteiger partial charge in [-0.25, -0.2) is 4.79 Å². The van der Waals surface area contributed by atoms with Crippen molar-refractivity contribution in [2.75, 3.05) is 13.2 Å². The maximum atomic E-state index is 12.2. The average Bonchev–Trinajstić information content (AvgIpc) is 2.63. The Morgan fingerprint density at radius 1 is 1.04 bits per heavy atom. The summed E-state index contributed by atoms with van der Waals surface area (Å²) in [6, 6.07) is 19.4. The minimum absolute atomic E-state index is 0.293. The van der Waals surface area contributed by atoms with Crippen LogP contribution in [0.2, 0.25) is 0 Å². The molecule has 0 fully saturated rings. The molecule has 0 heterocycles.